The first-order chi connectivity index (χ1) is 8.49. The van der Waals surface area contributed by atoms with E-state index in [0.29, 0.717) is 11.0 Å². The molecule has 7 heteroatoms. The van der Waals surface area contributed by atoms with Gasteiger partial charge in [0.25, 0.3) is 0 Å². The minimum atomic E-state index is -0.337. The number of nitrogens with one attached hydrogen (secondary N) is 1. The van der Waals surface area contributed by atoms with E-state index in [0.717, 1.165) is 5.56 Å². The van der Waals surface area contributed by atoms with Gasteiger partial charge in [0.15, 0.2) is 0 Å². The number of imide groups is 1. The molecule has 2 heterocycles. The van der Waals surface area contributed by atoms with Crippen LogP contribution in [0, 0.1) is 0 Å². The van der Waals surface area contributed by atoms with Gasteiger partial charge in [-0.25, -0.2) is 9.97 Å². The molecule has 96 valence electrons. The van der Waals surface area contributed by atoms with Gasteiger partial charge in [-0.05, 0) is 5.92 Å². The highest BCUT2D eigenvalue weighted by molar-refractivity contribution is 6.30. The van der Waals surface area contributed by atoms with Crippen molar-refractivity contribution in [1.29, 1.82) is 0 Å². The summed E-state index contributed by atoms with van der Waals surface area (Å²) in [7, 11) is 0. The van der Waals surface area contributed by atoms with Crippen LogP contribution in [0.2, 0.25) is 5.15 Å². The Hall–Kier alpha value is -1.69. The number of hydrogen-bond donors (Lipinski definition) is 1. The van der Waals surface area contributed by atoms with Crippen LogP contribution in [-0.4, -0.2) is 34.9 Å². The molecular weight excluding hydrogens is 256 g/mol. The van der Waals surface area contributed by atoms with E-state index in [-0.39, 0.29) is 30.8 Å². The maximum Gasteiger partial charge on any atom is 0.246 e. The Bertz CT molecular complexity index is 488. The molecule has 18 heavy (non-hydrogen) atoms. The molecule has 2 rings (SSSR count). The molecule has 1 fully saturated rings. The number of carbonyl (C=O) groups excluding carboxylic acids is 2. The van der Waals surface area contributed by atoms with Crippen molar-refractivity contribution < 1.29 is 9.59 Å². The SMILES string of the molecule is CC(C)c1c(Cl)ncnc1N1CC(=O)NC(=O)C1. The average molecular weight is 269 g/mol. The highest BCUT2D eigenvalue weighted by atomic mass is 35.5. The lowest BCUT2D eigenvalue weighted by molar-refractivity contribution is -0.130. The van der Waals surface area contributed by atoms with Crippen molar-refractivity contribution in [3.8, 4) is 0 Å². The van der Waals surface area contributed by atoms with E-state index < -0.39 is 0 Å². The molecule has 1 aromatic rings. The number of anilines is 1. The number of nitrogens with zero attached hydrogens (tertiary/aromatic N) is 3. The van der Waals surface area contributed by atoms with Crippen LogP contribution in [0.5, 0.6) is 0 Å². The van der Waals surface area contributed by atoms with Crippen molar-refractivity contribution in [1.82, 2.24) is 15.3 Å². The molecule has 1 aliphatic rings. The molecule has 1 saturated heterocycles. The fourth-order valence-electron chi connectivity index (χ4n) is 1.90. The Labute approximate surface area is 109 Å². The summed E-state index contributed by atoms with van der Waals surface area (Å²) in [5.74, 6) is -0.0200. The number of rotatable bonds is 2. The number of carbonyl (C=O) groups is 2. The molecule has 0 saturated carbocycles. The van der Waals surface area contributed by atoms with E-state index in [1.165, 1.54) is 6.33 Å². The third-order valence-electron chi connectivity index (χ3n) is 2.64. The predicted octanol–water partition coefficient (Wildman–Crippen LogP) is 0.716. The monoisotopic (exact) mass is 268 g/mol. The van der Waals surface area contributed by atoms with E-state index in [9.17, 15) is 9.59 Å². The summed E-state index contributed by atoms with van der Waals surface area (Å²) in [5.41, 5.74) is 0.752. The van der Waals surface area contributed by atoms with Crippen LogP contribution in [0.15, 0.2) is 6.33 Å². The van der Waals surface area contributed by atoms with E-state index >= 15 is 0 Å². The van der Waals surface area contributed by atoms with E-state index in [2.05, 4.69) is 15.3 Å². The van der Waals surface area contributed by atoms with Crippen LogP contribution >= 0.6 is 11.6 Å². The lowest BCUT2D eigenvalue weighted by Crippen LogP contribution is -2.52. The standard InChI is InChI=1S/C11H13ClN4O2/c1-6(2)9-10(12)13-5-14-11(9)16-3-7(17)15-8(18)4-16/h5-6H,3-4H2,1-2H3,(H,15,17,18). The molecule has 2 amide bonds. The van der Waals surface area contributed by atoms with Crippen molar-refractivity contribution in [2.45, 2.75) is 19.8 Å². The summed E-state index contributed by atoms with van der Waals surface area (Å²) in [6.45, 7) is 4.11. The van der Waals surface area contributed by atoms with Gasteiger partial charge in [-0.1, -0.05) is 25.4 Å². The quantitative estimate of drug-likeness (QED) is 0.632. The van der Waals surface area contributed by atoms with Gasteiger partial charge in [0.2, 0.25) is 11.8 Å². The minimum Gasteiger partial charge on any atom is -0.338 e. The molecule has 1 aromatic heterocycles. The second-order valence-electron chi connectivity index (χ2n) is 4.38. The fraction of sp³-hybridized carbons (Fsp3) is 0.455. The van der Waals surface area contributed by atoms with E-state index in [1.54, 1.807) is 4.90 Å². The molecule has 1 N–H and O–H groups in total. The van der Waals surface area contributed by atoms with Crippen LogP contribution in [-0.2, 0) is 9.59 Å². The van der Waals surface area contributed by atoms with E-state index in [4.69, 9.17) is 11.6 Å². The molecule has 0 aliphatic carbocycles. The summed E-state index contributed by atoms with van der Waals surface area (Å²) in [4.78, 5) is 32.4. The van der Waals surface area contributed by atoms with E-state index in [1.807, 2.05) is 13.8 Å². The molecular formula is C11H13ClN4O2. The summed E-state index contributed by atoms with van der Waals surface area (Å²) < 4.78 is 0. The Morgan fingerprint density at radius 3 is 2.44 bits per heavy atom. The first kappa shape index (κ1) is 12.8. The zero-order chi connectivity index (χ0) is 13.3. The van der Waals surface area contributed by atoms with Gasteiger partial charge in [0, 0.05) is 5.56 Å². The molecule has 6 nitrogen and oxygen atoms in total. The van der Waals surface area contributed by atoms with Crippen LogP contribution in [0.3, 0.4) is 0 Å². The zero-order valence-electron chi connectivity index (χ0n) is 10.1. The van der Waals surface area contributed by atoms with Crippen LogP contribution in [0.25, 0.3) is 0 Å². The summed E-state index contributed by atoms with van der Waals surface area (Å²) in [5, 5.41) is 2.60. The van der Waals surface area contributed by atoms with Crippen molar-refractivity contribution in [2.75, 3.05) is 18.0 Å². The summed E-state index contributed by atoms with van der Waals surface area (Å²) >= 11 is 6.05. The molecule has 1 aliphatic heterocycles. The second kappa shape index (κ2) is 4.89. The lowest BCUT2D eigenvalue weighted by atomic mass is 10.1. The van der Waals surface area contributed by atoms with Gasteiger partial charge in [0.05, 0.1) is 13.1 Å². The van der Waals surface area contributed by atoms with Crippen molar-refractivity contribution in [3.05, 3.63) is 17.0 Å². The van der Waals surface area contributed by atoms with Crippen molar-refractivity contribution in [2.24, 2.45) is 0 Å². The van der Waals surface area contributed by atoms with Gasteiger partial charge >= 0.3 is 0 Å². The first-order valence-corrected chi connectivity index (χ1v) is 5.95. The molecule has 0 atom stereocenters. The third-order valence-corrected chi connectivity index (χ3v) is 2.94. The number of amides is 2. The van der Waals surface area contributed by atoms with Gasteiger partial charge in [-0.15, -0.1) is 0 Å². The Morgan fingerprint density at radius 2 is 1.89 bits per heavy atom. The average Bonchev–Trinajstić information content (AvgIpc) is 2.26. The number of hydrogen-bond acceptors (Lipinski definition) is 5. The number of piperazine rings is 1. The Kier molecular flexibility index (Phi) is 3.47. The smallest absolute Gasteiger partial charge is 0.246 e. The molecule has 0 spiro atoms. The number of halogens is 1. The topological polar surface area (TPSA) is 75.2 Å². The highest BCUT2D eigenvalue weighted by Crippen LogP contribution is 2.30. The van der Waals surface area contributed by atoms with Gasteiger partial charge in [0.1, 0.15) is 17.3 Å². The van der Waals surface area contributed by atoms with Crippen LogP contribution in [0.1, 0.15) is 25.3 Å². The summed E-state index contributed by atoms with van der Waals surface area (Å²) in [6.07, 6.45) is 1.33. The minimum absolute atomic E-state index is 0.0960. The van der Waals surface area contributed by atoms with Crippen LogP contribution in [0.4, 0.5) is 5.82 Å². The maximum atomic E-state index is 11.4. The van der Waals surface area contributed by atoms with Crippen molar-refractivity contribution in [3.63, 3.8) is 0 Å². The van der Waals surface area contributed by atoms with Gasteiger partial charge in [-0.2, -0.15) is 0 Å². The Balaban J connectivity index is 2.41. The molecule has 0 bridgehead atoms. The second-order valence-corrected chi connectivity index (χ2v) is 4.74. The first-order valence-electron chi connectivity index (χ1n) is 5.57. The molecule has 0 unspecified atom stereocenters. The van der Waals surface area contributed by atoms with Gasteiger partial charge in [-0.3, -0.25) is 14.9 Å². The predicted molar refractivity (Wildman–Crippen MR) is 66.5 cm³/mol. The fourth-order valence-corrected chi connectivity index (χ4v) is 2.25. The maximum absolute atomic E-state index is 11.4. The highest BCUT2D eigenvalue weighted by Gasteiger charge is 2.27. The number of aromatic nitrogens is 2. The zero-order valence-corrected chi connectivity index (χ0v) is 10.9. The third kappa shape index (κ3) is 2.43. The lowest BCUT2D eigenvalue weighted by Gasteiger charge is -2.28. The van der Waals surface area contributed by atoms with Crippen LogP contribution < -0.4 is 10.2 Å². The molecule has 0 radical (unpaired) electrons. The summed E-state index contributed by atoms with van der Waals surface area (Å²) in [6, 6.07) is 0. The molecule has 0 aromatic carbocycles. The Morgan fingerprint density at radius 1 is 1.28 bits per heavy atom. The largest absolute Gasteiger partial charge is 0.338 e. The van der Waals surface area contributed by atoms with Gasteiger partial charge < -0.3 is 4.90 Å². The van der Waals surface area contributed by atoms with Crippen molar-refractivity contribution >= 4 is 29.2 Å². The normalized spacial score (nSPS) is 16.1.